The molecule has 0 amide bonds. The minimum absolute atomic E-state index is 0.0136. The van der Waals surface area contributed by atoms with Crippen molar-refractivity contribution in [3.05, 3.63) is 81.1 Å². The predicted octanol–water partition coefficient (Wildman–Crippen LogP) is 9.58. The van der Waals surface area contributed by atoms with E-state index < -0.39 is 49.9 Å². The van der Waals surface area contributed by atoms with E-state index in [2.05, 4.69) is 4.98 Å². The number of benzene rings is 2. The highest BCUT2D eigenvalue weighted by molar-refractivity contribution is 7.92. The van der Waals surface area contributed by atoms with Crippen LogP contribution in [-0.4, -0.2) is 45.3 Å². The summed E-state index contributed by atoms with van der Waals surface area (Å²) in [5, 5.41) is 0.717. The predicted molar refractivity (Wildman–Crippen MR) is 167 cm³/mol. The number of hydrogen-bond acceptors (Lipinski definition) is 7. The van der Waals surface area contributed by atoms with E-state index in [4.69, 9.17) is 9.47 Å². The second kappa shape index (κ2) is 15.9. The van der Waals surface area contributed by atoms with E-state index in [0.717, 1.165) is 41.6 Å². The van der Waals surface area contributed by atoms with Crippen LogP contribution in [0.25, 0.3) is 0 Å². The Kier molecular flexibility index (Phi) is 13.2. The number of fused-ring (bicyclic) bond motifs is 1. The third-order valence-corrected chi connectivity index (χ3v) is 12.0. The highest BCUT2D eigenvalue weighted by atomic mass is 32.2. The van der Waals surface area contributed by atoms with Crippen molar-refractivity contribution < 1.29 is 57.8 Å². The van der Waals surface area contributed by atoms with Gasteiger partial charge in [-0.3, -0.25) is 4.79 Å². The summed E-state index contributed by atoms with van der Waals surface area (Å²) in [4.78, 5) is 14.7. The van der Waals surface area contributed by atoms with Crippen LogP contribution >= 0.6 is 11.3 Å². The van der Waals surface area contributed by atoms with Gasteiger partial charge < -0.3 is 9.47 Å². The number of aldehydes is 1. The standard InChI is InChI=1S/C24H24F8O2S.C7H7NO3S.C2H6/c1-3-5-16-7-6-15-14-17(22(26,23(27,28)29)24(30,31)32)8-13-20(15)21(16,4-2)35(33,34)19-11-9-18(25)10-12-19;9-4-5-3-8-6(12-5)7-10-1-2-11-7;1-2/h8-14,16H,3-7H2,1-2H3;3-4,7H,1-2H2;1-2H3. The lowest BCUT2D eigenvalue weighted by Crippen LogP contribution is -2.51. The van der Waals surface area contributed by atoms with Crippen molar-refractivity contribution >= 4 is 27.5 Å². The van der Waals surface area contributed by atoms with Crippen molar-refractivity contribution in [3.8, 4) is 0 Å². The second-order valence-corrected chi connectivity index (χ2v) is 14.3. The van der Waals surface area contributed by atoms with Gasteiger partial charge >= 0.3 is 18.0 Å². The Hall–Kier alpha value is -2.95. The molecule has 1 saturated heterocycles. The molecule has 0 N–H and O–H groups in total. The lowest BCUT2D eigenvalue weighted by molar-refractivity contribution is -0.348. The molecule has 2 atom stereocenters. The molecule has 2 aliphatic rings. The van der Waals surface area contributed by atoms with Gasteiger partial charge in [-0.05, 0) is 67.0 Å². The third-order valence-electron chi connectivity index (χ3n) is 8.41. The molecule has 16 heteroatoms. The zero-order valence-corrected chi connectivity index (χ0v) is 28.8. The lowest BCUT2D eigenvalue weighted by atomic mass is 9.70. The summed E-state index contributed by atoms with van der Waals surface area (Å²) in [5.41, 5.74) is -7.29. The summed E-state index contributed by atoms with van der Waals surface area (Å²) in [5.74, 6) is -1.18. The molecule has 272 valence electrons. The van der Waals surface area contributed by atoms with E-state index in [0.29, 0.717) is 43.1 Å². The zero-order chi connectivity index (χ0) is 36.8. The van der Waals surface area contributed by atoms with Gasteiger partial charge in [0.2, 0.25) is 6.29 Å². The fraction of sp³-hybridized carbons (Fsp3) is 0.515. The van der Waals surface area contributed by atoms with Gasteiger partial charge in [0.25, 0.3) is 0 Å². The Bertz CT molecular complexity index is 1640. The summed E-state index contributed by atoms with van der Waals surface area (Å²) >= 11 is 1.30. The quantitative estimate of drug-likeness (QED) is 0.130. The van der Waals surface area contributed by atoms with Crippen molar-refractivity contribution in [2.45, 2.75) is 93.8 Å². The molecular weight excluding hydrogens is 706 g/mol. The first-order valence-corrected chi connectivity index (χ1v) is 17.9. The molecular formula is C33H37F8NO5S2. The number of alkyl halides is 7. The maximum Gasteiger partial charge on any atom is 0.435 e. The van der Waals surface area contributed by atoms with E-state index in [1.807, 2.05) is 20.8 Å². The van der Waals surface area contributed by atoms with Crippen molar-refractivity contribution in [1.82, 2.24) is 4.98 Å². The van der Waals surface area contributed by atoms with Crippen LogP contribution in [-0.2, 0) is 36.1 Å². The lowest BCUT2D eigenvalue weighted by Gasteiger charge is -2.45. The van der Waals surface area contributed by atoms with Crippen molar-refractivity contribution in [2.24, 2.45) is 5.92 Å². The molecule has 2 unspecified atom stereocenters. The molecule has 0 radical (unpaired) electrons. The molecule has 6 nitrogen and oxygen atoms in total. The van der Waals surface area contributed by atoms with E-state index in [-0.39, 0.29) is 41.6 Å². The number of rotatable bonds is 8. The molecule has 2 aromatic carbocycles. The van der Waals surface area contributed by atoms with Crippen molar-refractivity contribution in [2.75, 3.05) is 13.2 Å². The Balaban J connectivity index is 0.000000384. The number of nitrogens with zero attached hydrogens (tertiary/aromatic N) is 1. The number of aromatic nitrogens is 1. The van der Waals surface area contributed by atoms with Gasteiger partial charge in [-0.2, -0.15) is 26.3 Å². The number of hydrogen-bond donors (Lipinski definition) is 0. The van der Waals surface area contributed by atoms with E-state index in [1.165, 1.54) is 17.5 Å². The molecule has 1 fully saturated rings. The molecule has 1 aromatic heterocycles. The van der Waals surface area contributed by atoms with Crippen LogP contribution in [0.3, 0.4) is 0 Å². The normalized spacial score (nSPS) is 20.0. The minimum atomic E-state index is -6.28. The summed E-state index contributed by atoms with van der Waals surface area (Å²) in [6, 6.07) is 5.82. The molecule has 0 spiro atoms. The molecule has 5 rings (SSSR count). The van der Waals surface area contributed by atoms with Crippen LogP contribution in [0.1, 0.15) is 91.0 Å². The first kappa shape index (κ1) is 40.5. The maximum absolute atomic E-state index is 14.7. The average molecular weight is 744 g/mol. The molecule has 0 saturated carbocycles. The highest BCUT2D eigenvalue weighted by Crippen LogP contribution is 2.56. The number of aryl methyl sites for hydroxylation is 1. The number of carbonyl (C=O) groups is 1. The minimum Gasteiger partial charge on any atom is -0.344 e. The second-order valence-electron chi connectivity index (χ2n) is 11.0. The Labute approximate surface area is 283 Å². The Morgan fingerprint density at radius 3 is 2.04 bits per heavy atom. The first-order chi connectivity index (χ1) is 23.0. The van der Waals surface area contributed by atoms with Crippen molar-refractivity contribution in [1.29, 1.82) is 0 Å². The van der Waals surface area contributed by atoms with Gasteiger partial charge in [0.1, 0.15) is 15.6 Å². The number of ether oxygens (including phenoxy) is 2. The summed E-state index contributed by atoms with van der Waals surface area (Å²) in [7, 11) is -4.29. The summed E-state index contributed by atoms with van der Waals surface area (Å²) in [6.45, 7) is 8.59. The largest absolute Gasteiger partial charge is 0.435 e. The van der Waals surface area contributed by atoms with Crippen LogP contribution in [0.4, 0.5) is 35.1 Å². The Morgan fingerprint density at radius 1 is 0.959 bits per heavy atom. The van der Waals surface area contributed by atoms with Gasteiger partial charge in [-0.25, -0.2) is 22.2 Å². The number of halogens is 8. The summed E-state index contributed by atoms with van der Waals surface area (Å²) in [6.07, 6.45) is -9.50. The molecule has 2 heterocycles. The molecule has 1 aliphatic heterocycles. The molecule has 3 aromatic rings. The van der Waals surface area contributed by atoms with Gasteiger partial charge in [0.15, 0.2) is 16.1 Å². The molecule has 1 aliphatic carbocycles. The van der Waals surface area contributed by atoms with Crippen LogP contribution in [0.2, 0.25) is 0 Å². The van der Waals surface area contributed by atoms with E-state index >= 15 is 0 Å². The topological polar surface area (TPSA) is 82.6 Å². The third kappa shape index (κ3) is 7.71. The van der Waals surface area contributed by atoms with Crippen LogP contribution in [0.5, 0.6) is 0 Å². The number of carbonyl (C=O) groups excluding carboxylic acids is 1. The molecule has 0 bridgehead atoms. The summed E-state index contributed by atoms with van der Waals surface area (Å²) < 4.78 is 145. The van der Waals surface area contributed by atoms with Crippen molar-refractivity contribution in [3.63, 3.8) is 0 Å². The molecule has 49 heavy (non-hydrogen) atoms. The monoisotopic (exact) mass is 743 g/mol. The smallest absolute Gasteiger partial charge is 0.344 e. The van der Waals surface area contributed by atoms with Gasteiger partial charge in [0.05, 0.1) is 23.0 Å². The number of sulfone groups is 1. The van der Waals surface area contributed by atoms with E-state index in [9.17, 15) is 48.3 Å². The van der Waals surface area contributed by atoms with Crippen LogP contribution in [0.15, 0.2) is 53.6 Å². The van der Waals surface area contributed by atoms with Crippen LogP contribution < -0.4 is 0 Å². The SMILES string of the molecule is CC.CCCC1CCc2cc(C(F)(C(F)(F)F)C(F)(F)F)ccc2C1(CC)S(=O)(=O)c1ccc(F)cc1.O=Cc1cnc(C2OCCO2)s1. The maximum atomic E-state index is 14.7. The van der Waals surface area contributed by atoms with Gasteiger partial charge in [-0.1, -0.05) is 52.3 Å². The zero-order valence-electron chi connectivity index (χ0n) is 27.1. The van der Waals surface area contributed by atoms with Gasteiger partial charge in [0, 0.05) is 11.8 Å². The fourth-order valence-electron chi connectivity index (χ4n) is 6.25. The highest BCUT2D eigenvalue weighted by Gasteiger charge is 2.73. The van der Waals surface area contributed by atoms with E-state index in [1.54, 1.807) is 6.92 Å². The average Bonchev–Trinajstić information content (AvgIpc) is 3.77. The Morgan fingerprint density at radius 2 is 1.55 bits per heavy atom. The number of thiazole rings is 1. The van der Waals surface area contributed by atoms with Gasteiger partial charge in [-0.15, -0.1) is 11.3 Å². The van der Waals surface area contributed by atoms with Crippen LogP contribution in [0, 0.1) is 11.7 Å². The first-order valence-electron chi connectivity index (χ1n) is 15.6. The fourth-order valence-corrected chi connectivity index (χ4v) is 9.44.